The van der Waals surface area contributed by atoms with E-state index in [0.29, 0.717) is 24.6 Å². The van der Waals surface area contributed by atoms with Gasteiger partial charge in [0.1, 0.15) is 0 Å². The Balaban J connectivity index is 1.34. The SMILES string of the molecule is FC(F)(F)c1cc(-c2ccccc2)cc(C(F)(F)CCCCN2CCN(c3ccccc3)CC2)c1. The van der Waals surface area contributed by atoms with Crippen LogP contribution in [-0.4, -0.2) is 37.6 Å². The monoisotopic (exact) mass is 488 g/mol. The zero-order valence-electron chi connectivity index (χ0n) is 19.4. The summed E-state index contributed by atoms with van der Waals surface area (Å²) in [5.41, 5.74) is 0.173. The summed E-state index contributed by atoms with van der Waals surface area (Å²) in [6.45, 7) is 4.19. The molecule has 0 N–H and O–H groups in total. The number of anilines is 1. The topological polar surface area (TPSA) is 6.48 Å². The molecule has 1 heterocycles. The molecule has 186 valence electrons. The third-order valence-corrected chi connectivity index (χ3v) is 6.50. The first-order valence-electron chi connectivity index (χ1n) is 11.9. The Morgan fingerprint density at radius 1 is 0.629 bits per heavy atom. The molecule has 35 heavy (non-hydrogen) atoms. The number of benzene rings is 3. The number of nitrogens with zero attached hydrogens (tertiary/aromatic N) is 2. The summed E-state index contributed by atoms with van der Waals surface area (Å²) in [5.74, 6) is -3.34. The lowest BCUT2D eigenvalue weighted by Gasteiger charge is -2.36. The van der Waals surface area contributed by atoms with Crippen molar-refractivity contribution in [2.24, 2.45) is 0 Å². The fourth-order valence-electron chi connectivity index (χ4n) is 4.49. The van der Waals surface area contributed by atoms with Gasteiger partial charge in [0.2, 0.25) is 0 Å². The zero-order chi connectivity index (χ0) is 24.9. The van der Waals surface area contributed by atoms with E-state index in [4.69, 9.17) is 0 Å². The van der Waals surface area contributed by atoms with Gasteiger partial charge in [0.05, 0.1) is 5.56 Å². The molecule has 4 rings (SSSR count). The van der Waals surface area contributed by atoms with Crippen molar-refractivity contribution in [3.63, 3.8) is 0 Å². The zero-order valence-corrected chi connectivity index (χ0v) is 19.4. The van der Waals surface area contributed by atoms with Gasteiger partial charge in [-0.3, -0.25) is 4.90 Å². The van der Waals surface area contributed by atoms with Crippen LogP contribution in [0.2, 0.25) is 0 Å². The van der Waals surface area contributed by atoms with Crippen LogP contribution in [0.4, 0.5) is 27.6 Å². The molecule has 1 aliphatic heterocycles. The van der Waals surface area contributed by atoms with Crippen LogP contribution < -0.4 is 4.90 Å². The first-order valence-corrected chi connectivity index (χ1v) is 11.9. The van der Waals surface area contributed by atoms with Gasteiger partial charge < -0.3 is 4.90 Å². The summed E-state index contributed by atoms with van der Waals surface area (Å²) in [6, 6.07) is 21.2. The second kappa shape index (κ2) is 10.8. The molecule has 1 saturated heterocycles. The number of hydrogen-bond acceptors (Lipinski definition) is 2. The normalized spacial score (nSPS) is 15.4. The second-order valence-corrected chi connectivity index (χ2v) is 8.99. The minimum atomic E-state index is -4.70. The Kier molecular flexibility index (Phi) is 7.75. The number of halogens is 5. The van der Waals surface area contributed by atoms with Gasteiger partial charge in [0.25, 0.3) is 5.92 Å². The lowest BCUT2D eigenvalue weighted by atomic mass is 9.94. The van der Waals surface area contributed by atoms with Crippen LogP contribution >= 0.6 is 0 Å². The molecule has 1 fully saturated rings. The minimum absolute atomic E-state index is 0.145. The van der Waals surface area contributed by atoms with Crippen LogP contribution in [0.15, 0.2) is 78.9 Å². The number of para-hydroxylation sites is 1. The second-order valence-electron chi connectivity index (χ2n) is 8.99. The summed E-state index contributed by atoms with van der Waals surface area (Å²) >= 11 is 0. The molecule has 0 bridgehead atoms. The Bertz CT molecular complexity index is 1080. The predicted molar refractivity (Wildman–Crippen MR) is 130 cm³/mol. The highest BCUT2D eigenvalue weighted by molar-refractivity contribution is 5.65. The summed E-state index contributed by atoms with van der Waals surface area (Å²) in [4.78, 5) is 4.57. The highest BCUT2D eigenvalue weighted by Gasteiger charge is 2.36. The van der Waals surface area contributed by atoms with Gasteiger partial charge >= 0.3 is 6.18 Å². The molecule has 0 atom stereocenters. The lowest BCUT2D eigenvalue weighted by Crippen LogP contribution is -2.46. The fourth-order valence-corrected chi connectivity index (χ4v) is 4.49. The Morgan fingerprint density at radius 2 is 1.23 bits per heavy atom. The van der Waals surface area contributed by atoms with E-state index in [2.05, 4.69) is 21.9 Å². The minimum Gasteiger partial charge on any atom is -0.369 e. The van der Waals surface area contributed by atoms with Crippen molar-refractivity contribution in [2.75, 3.05) is 37.6 Å². The van der Waals surface area contributed by atoms with Crippen LogP contribution in [0, 0.1) is 0 Å². The van der Waals surface area contributed by atoms with Gasteiger partial charge in [-0.1, -0.05) is 48.5 Å². The molecule has 1 aliphatic rings. The number of rotatable bonds is 8. The van der Waals surface area contributed by atoms with Crippen LogP contribution in [0.25, 0.3) is 11.1 Å². The van der Waals surface area contributed by atoms with Crippen molar-refractivity contribution >= 4 is 5.69 Å². The van der Waals surface area contributed by atoms with E-state index in [9.17, 15) is 13.2 Å². The highest BCUT2D eigenvalue weighted by Crippen LogP contribution is 2.40. The van der Waals surface area contributed by atoms with Gasteiger partial charge in [-0.15, -0.1) is 0 Å². The Labute approximate surface area is 203 Å². The Morgan fingerprint density at radius 3 is 1.86 bits per heavy atom. The molecule has 0 spiro atoms. The van der Waals surface area contributed by atoms with E-state index in [-0.39, 0.29) is 12.0 Å². The van der Waals surface area contributed by atoms with Gasteiger partial charge in [-0.2, -0.15) is 13.2 Å². The molecule has 0 aliphatic carbocycles. The molecule has 2 nitrogen and oxygen atoms in total. The smallest absolute Gasteiger partial charge is 0.369 e. The molecular formula is C28H29F5N2. The summed E-state index contributed by atoms with van der Waals surface area (Å²) in [7, 11) is 0. The van der Waals surface area contributed by atoms with Crippen molar-refractivity contribution in [1.29, 1.82) is 0 Å². The third-order valence-electron chi connectivity index (χ3n) is 6.50. The number of alkyl halides is 5. The van der Waals surface area contributed by atoms with E-state index in [1.54, 1.807) is 30.3 Å². The molecule has 0 radical (unpaired) electrons. The molecule has 0 unspecified atom stereocenters. The van der Waals surface area contributed by atoms with Crippen LogP contribution in [0.5, 0.6) is 0 Å². The van der Waals surface area contributed by atoms with E-state index in [0.717, 1.165) is 32.2 Å². The fraction of sp³-hybridized carbons (Fsp3) is 0.357. The lowest BCUT2D eigenvalue weighted by molar-refractivity contribution is -0.137. The molecule has 0 aromatic heterocycles. The van der Waals surface area contributed by atoms with Gasteiger partial charge in [-0.25, -0.2) is 8.78 Å². The standard InChI is InChI=1S/C28H29F5N2/c29-27(30,13-7-8-14-34-15-17-35(18-16-34)26-11-5-2-6-12-26)24-19-23(22-9-3-1-4-10-22)20-25(21-24)28(31,32)33/h1-6,9-12,19-21H,7-8,13-18H2. The molecule has 3 aromatic carbocycles. The number of unbranched alkanes of at least 4 members (excludes halogenated alkanes) is 1. The van der Waals surface area contributed by atoms with Gasteiger partial charge in [0.15, 0.2) is 0 Å². The molecule has 7 heteroatoms. The summed E-state index contributed by atoms with van der Waals surface area (Å²) < 4.78 is 70.4. The predicted octanol–water partition coefficient (Wildman–Crippen LogP) is 7.46. The van der Waals surface area contributed by atoms with Crippen LogP contribution in [0.1, 0.15) is 30.4 Å². The molecule has 3 aromatic rings. The van der Waals surface area contributed by atoms with Gasteiger partial charge in [0, 0.05) is 43.9 Å². The van der Waals surface area contributed by atoms with E-state index in [1.807, 2.05) is 18.2 Å². The van der Waals surface area contributed by atoms with Crippen LogP contribution in [-0.2, 0) is 12.1 Å². The first kappa shape index (κ1) is 25.2. The molecular weight excluding hydrogens is 459 g/mol. The van der Waals surface area contributed by atoms with Crippen molar-refractivity contribution in [2.45, 2.75) is 31.4 Å². The number of hydrogen-bond donors (Lipinski definition) is 0. The van der Waals surface area contributed by atoms with Crippen molar-refractivity contribution < 1.29 is 22.0 Å². The molecule has 0 amide bonds. The van der Waals surface area contributed by atoms with Crippen molar-refractivity contribution in [1.82, 2.24) is 4.90 Å². The van der Waals surface area contributed by atoms with Crippen molar-refractivity contribution in [3.8, 4) is 11.1 Å². The molecule has 0 saturated carbocycles. The van der Waals surface area contributed by atoms with E-state index < -0.39 is 29.6 Å². The average Bonchev–Trinajstić information content (AvgIpc) is 2.87. The first-order chi connectivity index (χ1) is 16.7. The summed E-state index contributed by atoms with van der Waals surface area (Å²) in [6.07, 6.45) is -4.36. The maximum atomic E-state index is 15.0. The maximum Gasteiger partial charge on any atom is 0.416 e. The third kappa shape index (κ3) is 6.60. The van der Waals surface area contributed by atoms with Crippen molar-refractivity contribution in [3.05, 3.63) is 90.0 Å². The van der Waals surface area contributed by atoms with E-state index >= 15 is 8.78 Å². The largest absolute Gasteiger partial charge is 0.416 e. The van der Waals surface area contributed by atoms with Gasteiger partial charge in [-0.05, 0) is 60.8 Å². The maximum absolute atomic E-state index is 15.0. The number of piperazine rings is 1. The summed E-state index contributed by atoms with van der Waals surface area (Å²) in [5, 5.41) is 0. The Hall–Kier alpha value is -2.93. The average molecular weight is 489 g/mol. The highest BCUT2D eigenvalue weighted by atomic mass is 19.4. The van der Waals surface area contributed by atoms with E-state index in [1.165, 1.54) is 11.8 Å². The quantitative estimate of drug-likeness (QED) is 0.240. The van der Waals surface area contributed by atoms with Crippen LogP contribution in [0.3, 0.4) is 0 Å².